The van der Waals surface area contributed by atoms with Gasteiger partial charge < -0.3 is 32.6 Å². The van der Waals surface area contributed by atoms with Crippen LogP contribution in [0.3, 0.4) is 0 Å². The van der Waals surface area contributed by atoms with Crippen LogP contribution in [0.4, 0.5) is 17.6 Å². The molecule has 4 aromatic carbocycles. The predicted octanol–water partition coefficient (Wildman–Crippen LogP) is 20.7. The average Bonchev–Trinajstić information content (AvgIpc) is 3.36. The van der Waals surface area contributed by atoms with E-state index in [2.05, 4.69) is 181 Å². The average molecular weight is 1370 g/mol. The molecule has 0 unspecified atom stereocenters. The molecule has 0 saturated carbocycles. The van der Waals surface area contributed by atoms with Gasteiger partial charge in [0.1, 0.15) is 66.1 Å². The Morgan fingerprint density at radius 3 is 1.24 bits per heavy atom. The van der Waals surface area contributed by atoms with Gasteiger partial charge in [-0.1, -0.05) is 124 Å². The van der Waals surface area contributed by atoms with E-state index < -0.39 is 25.0 Å². The van der Waals surface area contributed by atoms with Crippen LogP contribution in [0.5, 0.6) is 23.0 Å². The zero-order chi connectivity index (χ0) is 62.0. The first kappa shape index (κ1) is 79.0. The number of phenolic OH excluding ortho intramolecular Hbond substituents is 1. The van der Waals surface area contributed by atoms with Gasteiger partial charge in [0.2, 0.25) is 0 Å². The maximum atomic E-state index is 13.4. The van der Waals surface area contributed by atoms with Gasteiger partial charge in [0.05, 0.1) is 34.3 Å². The Morgan fingerprint density at radius 2 is 0.875 bits per heavy atom. The number of benzene rings is 4. The summed E-state index contributed by atoms with van der Waals surface area (Å²) in [5.74, 6) is 9.26. The van der Waals surface area contributed by atoms with E-state index in [1.54, 1.807) is 24.3 Å². The summed E-state index contributed by atoms with van der Waals surface area (Å²) < 4.78 is 88.1. The molecule has 7 nitrogen and oxygen atoms in total. The number of terminal acetylenes is 1. The second-order valence-corrected chi connectivity index (χ2v) is 39.9. The molecule has 0 amide bonds. The summed E-state index contributed by atoms with van der Waals surface area (Å²) in [6, 6.07) is 17.3. The third-order valence-corrected chi connectivity index (χ3v) is 28.9. The van der Waals surface area contributed by atoms with Gasteiger partial charge >= 0.3 is 0 Å². The molecule has 0 spiro atoms. The highest BCUT2D eigenvalue weighted by atomic mass is 79.9. The third kappa shape index (κ3) is 33.9. The highest BCUT2D eigenvalue weighted by Gasteiger charge is 2.38. The van der Waals surface area contributed by atoms with E-state index in [9.17, 15) is 17.6 Å². The van der Waals surface area contributed by atoms with Crippen molar-refractivity contribution in [2.24, 2.45) is 0 Å². The van der Waals surface area contributed by atoms with Crippen molar-refractivity contribution in [1.82, 2.24) is 0 Å². The number of hydrogen-bond acceptors (Lipinski definition) is 7. The number of hydrogen-bond donors (Lipinski definition) is 1. The number of phenols is 1. The molecule has 0 atom stereocenters. The van der Waals surface area contributed by atoms with Crippen molar-refractivity contribution >= 4 is 72.7 Å². The summed E-state index contributed by atoms with van der Waals surface area (Å²) in [5.41, 5.74) is 1.54. The Labute approximate surface area is 510 Å². The van der Waals surface area contributed by atoms with Crippen LogP contribution in [0.25, 0.3) is 0 Å². The van der Waals surface area contributed by atoms with Crippen LogP contribution >= 0.6 is 47.8 Å². The van der Waals surface area contributed by atoms with Crippen molar-refractivity contribution in [3.05, 3.63) is 116 Å². The number of aryl methyl sites for hydroxylation is 1. The van der Waals surface area contributed by atoms with Crippen LogP contribution in [0, 0.1) is 47.5 Å². The molecule has 0 heterocycles. The molecule has 4 rings (SSSR count). The molecule has 0 saturated heterocycles. The van der Waals surface area contributed by atoms with E-state index in [4.69, 9.17) is 39.0 Å². The lowest BCUT2D eigenvalue weighted by Gasteiger charge is -2.36. The van der Waals surface area contributed by atoms with Crippen molar-refractivity contribution in [2.45, 2.75) is 183 Å². The number of aromatic hydroxyl groups is 1. The Bertz CT molecular complexity index is 2460. The van der Waals surface area contributed by atoms with Gasteiger partial charge in [0.25, 0.3) is 0 Å². The lowest BCUT2D eigenvalue weighted by Crippen LogP contribution is -2.41. The minimum atomic E-state index is -1.75. The van der Waals surface area contributed by atoms with E-state index >= 15 is 0 Å². The first-order valence-electron chi connectivity index (χ1n) is 27.5. The van der Waals surface area contributed by atoms with Crippen LogP contribution in [0.2, 0.25) is 54.4 Å². The number of alkyl halides is 1. The van der Waals surface area contributed by atoms with Crippen LogP contribution < -0.4 is 14.2 Å². The van der Waals surface area contributed by atoms with E-state index in [0.717, 1.165) is 48.7 Å². The first-order chi connectivity index (χ1) is 37.0. The largest absolute Gasteiger partial charge is 0.507 e. The maximum Gasteiger partial charge on any atom is 0.192 e. The van der Waals surface area contributed by atoms with Gasteiger partial charge in [-0.25, -0.2) is 17.6 Å². The summed E-state index contributed by atoms with van der Waals surface area (Å²) in [4.78, 5) is 0. The molecule has 0 fully saturated rings. The van der Waals surface area contributed by atoms with Crippen LogP contribution in [0.15, 0.2) is 81.7 Å². The molecule has 452 valence electrons. The fourth-order valence-electron chi connectivity index (χ4n) is 5.23. The van der Waals surface area contributed by atoms with Crippen LogP contribution in [-0.4, -0.2) is 75.0 Å². The zero-order valence-electron chi connectivity index (χ0n) is 51.7. The van der Waals surface area contributed by atoms with E-state index in [0.29, 0.717) is 65.6 Å². The predicted molar refractivity (Wildman–Crippen MR) is 348 cm³/mol. The van der Waals surface area contributed by atoms with Crippen LogP contribution in [0.1, 0.15) is 133 Å². The lowest BCUT2D eigenvalue weighted by molar-refractivity contribution is 0.202. The van der Waals surface area contributed by atoms with Crippen molar-refractivity contribution < 1.29 is 50.2 Å². The molecule has 0 aliphatic carbocycles. The van der Waals surface area contributed by atoms with Crippen molar-refractivity contribution in [1.29, 1.82) is 0 Å². The third-order valence-electron chi connectivity index (χ3n) is 13.2. The van der Waals surface area contributed by atoms with Gasteiger partial charge in [0.15, 0.2) is 25.0 Å². The maximum absolute atomic E-state index is 13.4. The van der Waals surface area contributed by atoms with Crippen molar-refractivity contribution in [2.75, 3.05) is 45.0 Å². The molecule has 80 heavy (non-hydrogen) atoms. The molecule has 0 aromatic heterocycles. The quantitative estimate of drug-likeness (QED) is 0.0330. The van der Waals surface area contributed by atoms with Gasteiger partial charge in [-0.2, -0.15) is 0 Å². The number of rotatable bonds is 19. The number of halogens is 7. The lowest BCUT2D eigenvalue weighted by atomic mass is 10.1. The number of unbranched alkanes of at least 4 members (excludes halogenated alkanes) is 1. The zero-order valence-corrected chi connectivity index (χ0v) is 59.5. The standard InChI is InChI=1S/C18H31FO2Si.C18H27FO2Si.C14H22BrFO2Si.C6H4BrFO.C4H6.C3H7Br/c2*1-7-8-9-15-14-16(19)10-11-17(15)20-12-13-21-22(5,6)18(2,3)4;1-14(2,3)19(4,5)18-9-8-17-13-7-6-11(16)10-12(13)15;7-5-3-4(8)1-2-6(5)9;1-3-4-2;1-2-3-4/h10-11,14H,7-9,12-13H2,1-6H3;10-11,14H,7,12-13H2,1-6H3;6-7,10H,8-9H2,1-5H3;1-3,9H;1H,4H2,2H3;2-3H2,1H3. The topological polar surface area (TPSA) is 75.6 Å². The molecule has 0 radical (unpaired) electrons. The monoisotopic (exact) mass is 1360 g/mol. The summed E-state index contributed by atoms with van der Waals surface area (Å²) in [5, 5.41) is 10.5. The highest BCUT2D eigenvalue weighted by molar-refractivity contribution is 9.11. The van der Waals surface area contributed by atoms with Gasteiger partial charge in [-0.15, -0.1) is 12.3 Å². The fraction of sp³-hybridized carbons (Fsp3) is 0.556. The summed E-state index contributed by atoms with van der Waals surface area (Å²) >= 11 is 9.48. The summed E-state index contributed by atoms with van der Waals surface area (Å²) in [6.07, 6.45) is 10.6. The van der Waals surface area contributed by atoms with Gasteiger partial charge in [0, 0.05) is 18.2 Å². The smallest absolute Gasteiger partial charge is 0.192 e. The molecule has 17 heteroatoms. The second-order valence-electron chi connectivity index (χ2n) is 22.9. The molecule has 1 N–H and O–H groups in total. The van der Waals surface area contributed by atoms with E-state index in [1.807, 2.05) is 13.8 Å². The number of ether oxygens (including phenoxy) is 3. The summed E-state index contributed by atoms with van der Waals surface area (Å²) in [6.45, 7) is 44.5. The minimum Gasteiger partial charge on any atom is -0.507 e. The Kier molecular flexibility index (Phi) is 39.7. The molecule has 0 bridgehead atoms. The van der Waals surface area contributed by atoms with Gasteiger partial charge in [-0.05, 0) is 184 Å². The molecule has 4 aromatic rings. The molecular formula is C63H97Br3F4O7Si3. The Hall–Kier alpha value is -3.11. The molecular weight excluding hydrogens is 1270 g/mol. The second kappa shape index (κ2) is 40.2. The Balaban J connectivity index is 0. The van der Waals surface area contributed by atoms with E-state index in [-0.39, 0.29) is 44.1 Å². The molecule has 0 aliphatic heterocycles. The summed E-state index contributed by atoms with van der Waals surface area (Å²) in [7, 11) is -5.20. The van der Waals surface area contributed by atoms with E-state index in [1.165, 1.54) is 55.0 Å². The van der Waals surface area contributed by atoms with Crippen molar-refractivity contribution in [3.63, 3.8) is 0 Å². The minimum absolute atomic E-state index is 0.0522. The van der Waals surface area contributed by atoms with Crippen molar-refractivity contribution in [3.8, 4) is 47.2 Å². The fourth-order valence-corrected chi connectivity index (χ4v) is 9.13. The molecule has 0 aliphatic rings. The normalized spacial score (nSPS) is 11.4. The van der Waals surface area contributed by atoms with Crippen LogP contribution in [-0.2, 0) is 19.7 Å². The Morgan fingerprint density at radius 1 is 0.512 bits per heavy atom. The van der Waals surface area contributed by atoms with Gasteiger partial charge in [-0.3, -0.25) is 0 Å². The SMILES string of the molecule is C#CCC.CC(C)(C)[Si](C)(C)OCCOc1ccc(F)cc1Br.CCC#Cc1cc(F)ccc1OCCO[Si](C)(C)C(C)(C)C.CCCBr.CCCCc1cc(F)ccc1OCCO[Si](C)(C)C(C)(C)C.Oc1ccc(F)cc1Br. The highest BCUT2D eigenvalue weighted by Crippen LogP contribution is 2.38. The first-order valence-corrected chi connectivity index (χ1v) is 38.9.